The third-order valence-corrected chi connectivity index (χ3v) is 4.39. The van der Waals surface area contributed by atoms with Gasteiger partial charge in [-0.2, -0.15) is 4.98 Å². The molecule has 1 amide bonds. The van der Waals surface area contributed by atoms with Gasteiger partial charge in [0.15, 0.2) is 0 Å². The molecule has 0 aliphatic rings. The molecule has 0 aliphatic heterocycles. The summed E-state index contributed by atoms with van der Waals surface area (Å²) in [6.07, 6.45) is 0.656. The molecular weight excluding hydrogens is 354 g/mol. The molecule has 0 spiro atoms. The van der Waals surface area contributed by atoms with Gasteiger partial charge in [-0.1, -0.05) is 55.4 Å². The van der Waals surface area contributed by atoms with Gasteiger partial charge in [-0.05, 0) is 29.2 Å². The van der Waals surface area contributed by atoms with E-state index in [1.54, 1.807) is 7.11 Å². The van der Waals surface area contributed by atoms with E-state index >= 15 is 0 Å². The molecule has 6 heteroatoms. The molecule has 0 atom stereocenters. The Bertz CT molecular complexity index is 917. The van der Waals surface area contributed by atoms with E-state index in [9.17, 15) is 4.79 Å². The number of rotatable bonds is 8. The average molecular weight is 379 g/mol. The number of nitrogens with zero attached hydrogens (tertiary/aromatic N) is 2. The topological polar surface area (TPSA) is 77.2 Å². The summed E-state index contributed by atoms with van der Waals surface area (Å²) in [4.78, 5) is 16.6. The van der Waals surface area contributed by atoms with Gasteiger partial charge in [0.05, 0.1) is 6.61 Å². The van der Waals surface area contributed by atoms with Gasteiger partial charge >= 0.3 is 0 Å². The zero-order valence-electron chi connectivity index (χ0n) is 16.4. The minimum atomic E-state index is -0.101. The van der Waals surface area contributed by atoms with Crippen LogP contribution in [0.15, 0.2) is 53.1 Å². The zero-order chi connectivity index (χ0) is 19.9. The molecule has 0 saturated heterocycles. The van der Waals surface area contributed by atoms with Crippen molar-refractivity contribution in [3.63, 3.8) is 0 Å². The van der Waals surface area contributed by atoms with E-state index in [4.69, 9.17) is 9.26 Å². The summed E-state index contributed by atoms with van der Waals surface area (Å²) >= 11 is 0. The lowest BCUT2D eigenvalue weighted by Gasteiger charge is -2.06. The van der Waals surface area contributed by atoms with E-state index in [0.29, 0.717) is 30.7 Å². The first-order chi connectivity index (χ1) is 13.5. The monoisotopic (exact) mass is 379 g/mol. The van der Waals surface area contributed by atoms with E-state index in [2.05, 4.69) is 41.4 Å². The van der Waals surface area contributed by atoms with E-state index in [-0.39, 0.29) is 12.3 Å². The molecule has 6 nitrogen and oxygen atoms in total. The summed E-state index contributed by atoms with van der Waals surface area (Å²) in [6, 6.07) is 15.7. The molecule has 3 rings (SSSR count). The molecule has 2 aromatic carbocycles. The number of carbonyl (C=O) groups excluding carboxylic acids is 1. The number of ether oxygens (including phenoxy) is 1. The molecule has 146 valence electrons. The first-order valence-electron chi connectivity index (χ1n) is 9.36. The maximum absolute atomic E-state index is 12.2. The molecule has 0 saturated carbocycles. The van der Waals surface area contributed by atoms with Gasteiger partial charge in [0.2, 0.25) is 17.6 Å². The summed E-state index contributed by atoms with van der Waals surface area (Å²) in [5.41, 5.74) is 3.92. The normalized spacial score (nSPS) is 11.0. The Morgan fingerprint density at radius 2 is 1.96 bits per heavy atom. The maximum Gasteiger partial charge on any atom is 0.227 e. The van der Waals surface area contributed by atoms with Gasteiger partial charge in [0, 0.05) is 31.2 Å². The second-order valence-electron chi connectivity index (χ2n) is 6.97. The standard InChI is InChI=1S/C22H25N3O3/c1-15(2)17-7-9-18(10-8-17)22-24-21(28-25-22)12-11-20(26)23-19-6-4-5-16(13-19)14-27-3/h4-10,13,15H,11-12,14H2,1-3H3,(H,23,26). The molecule has 0 radical (unpaired) electrons. The quantitative estimate of drug-likeness (QED) is 0.620. The first-order valence-corrected chi connectivity index (χ1v) is 9.36. The highest BCUT2D eigenvalue weighted by Crippen LogP contribution is 2.21. The molecule has 3 aromatic rings. The Kier molecular flexibility index (Phi) is 6.55. The fraction of sp³-hybridized carbons (Fsp3) is 0.318. The van der Waals surface area contributed by atoms with Crippen LogP contribution in [0.25, 0.3) is 11.4 Å². The van der Waals surface area contributed by atoms with Crippen LogP contribution in [0.4, 0.5) is 5.69 Å². The van der Waals surface area contributed by atoms with Crippen LogP contribution in [-0.4, -0.2) is 23.2 Å². The van der Waals surface area contributed by atoms with E-state index in [1.807, 2.05) is 36.4 Å². The predicted molar refractivity (Wildman–Crippen MR) is 108 cm³/mol. The lowest BCUT2D eigenvalue weighted by Crippen LogP contribution is -2.12. The number of nitrogens with one attached hydrogen (secondary N) is 1. The Labute approximate surface area is 164 Å². The molecule has 0 bridgehead atoms. The van der Waals surface area contributed by atoms with Crippen LogP contribution in [0, 0.1) is 0 Å². The smallest absolute Gasteiger partial charge is 0.227 e. The number of amides is 1. The molecule has 1 N–H and O–H groups in total. The summed E-state index contributed by atoms with van der Waals surface area (Å²) in [5, 5.41) is 6.91. The summed E-state index contributed by atoms with van der Waals surface area (Å²) in [5.74, 6) is 1.36. The van der Waals surface area contributed by atoms with Crippen molar-refractivity contribution in [1.82, 2.24) is 10.1 Å². The molecule has 0 aliphatic carbocycles. The molecule has 0 fully saturated rings. The van der Waals surface area contributed by atoms with Crippen molar-refractivity contribution < 1.29 is 14.1 Å². The zero-order valence-corrected chi connectivity index (χ0v) is 16.4. The van der Waals surface area contributed by atoms with Crippen LogP contribution in [-0.2, 0) is 22.6 Å². The van der Waals surface area contributed by atoms with Crippen molar-refractivity contribution in [1.29, 1.82) is 0 Å². The highest BCUT2D eigenvalue weighted by Gasteiger charge is 2.11. The molecule has 0 unspecified atom stereocenters. The van der Waals surface area contributed by atoms with Crippen molar-refractivity contribution in [3.05, 3.63) is 65.5 Å². The molecule has 28 heavy (non-hydrogen) atoms. The van der Waals surface area contributed by atoms with Crippen molar-refractivity contribution >= 4 is 11.6 Å². The fourth-order valence-electron chi connectivity index (χ4n) is 2.84. The molecular formula is C22H25N3O3. The highest BCUT2D eigenvalue weighted by molar-refractivity contribution is 5.90. The number of carbonyl (C=O) groups is 1. The Morgan fingerprint density at radius 1 is 1.18 bits per heavy atom. The van der Waals surface area contributed by atoms with Crippen LogP contribution in [0.1, 0.15) is 43.2 Å². The highest BCUT2D eigenvalue weighted by atomic mass is 16.5. The molecule has 1 aromatic heterocycles. The van der Waals surface area contributed by atoms with Gasteiger partial charge in [-0.25, -0.2) is 0 Å². The molecule has 1 heterocycles. The second-order valence-corrected chi connectivity index (χ2v) is 6.97. The second kappa shape index (κ2) is 9.28. The van der Waals surface area contributed by atoms with Crippen molar-refractivity contribution in [3.8, 4) is 11.4 Å². The van der Waals surface area contributed by atoms with Gasteiger partial charge in [-0.3, -0.25) is 4.79 Å². The maximum atomic E-state index is 12.2. The Balaban J connectivity index is 1.55. The minimum absolute atomic E-state index is 0.101. The van der Waals surface area contributed by atoms with Gasteiger partial charge in [0.25, 0.3) is 0 Å². The summed E-state index contributed by atoms with van der Waals surface area (Å²) in [7, 11) is 1.64. The Hall–Kier alpha value is -2.99. The van der Waals surface area contributed by atoms with Crippen molar-refractivity contribution in [2.24, 2.45) is 0 Å². The average Bonchev–Trinajstić information content (AvgIpc) is 3.16. The van der Waals surface area contributed by atoms with E-state index in [0.717, 1.165) is 16.8 Å². The van der Waals surface area contributed by atoms with Crippen LogP contribution < -0.4 is 5.32 Å². The van der Waals surface area contributed by atoms with Gasteiger partial charge in [0.1, 0.15) is 0 Å². The van der Waals surface area contributed by atoms with Gasteiger partial charge < -0.3 is 14.6 Å². The van der Waals surface area contributed by atoms with Crippen LogP contribution in [0.2, 0.25) is 0 Å². The van der Waals surface area contributed by atoms with E-state index < -0.39 is 0 Å². The summed E-state index contributed by atoms with van der Waals surface area (Å²) in [6.45, 7) is 4.81. The summed E-state index contributed by atoms with van der Waals surface area (Å²) < 4.78 is 10.4. The van der Waals surface area contributed by atoms with E-state index in [1.165, 1.54) is 5.56 Å². The third kappa shape index (κ3) is 5.27. The lowest BCUT2D eigenvalue weighted by molar-refractivity contribution is -0.116. The number of methoxy groups -OCH3 is 1. The van der Waals surface area contributed by atoms with Crippen molar-refractivity contribution in [2.75, 3.05) is 12.4 Å². The minimum Gasteiger partial charge on any atom is -0.380 e. The Morgan fingerprint density at radius 3 is 2.68 bits per heavy atom. The number of anilines is 1. The third-order valence-electron chi connectivity index (χ3n) is 4.39. The number of aryl methyl sites for hydroxylation is 1. The SMILES string of the molecule is COCc1cccc(NC(=O)CCc2nc(-c3ccc(C(C)C)cc3)no2)c1. The van der Waals surface area contributed by atoms with Crippen LogP contribution in [0.5, 0.6) is 0 Å². The van der Waals surface area contributed by atoms with Crippen LogP contribution in [0.3, 0.4) is 0 Å². The lowest BCUT2D eigenvalue weighted by atomic mass is 10.0. The van der Waals surface area contributed by atoms with Crippen molar-refractivity contribution in [2.45, 2.75) is 39.2 Å². The number of benzene rings is 2. The largest absolute Gasteiger partial charge is 0.380 e. The van der Waals surface area contributed by atoms with Gasteiger partial charge in [-0.15, -0.1) is 0 Å². The number of aromatic nitrogens is 2. The first kappa shape index (κ1) is 19.8. The number of hydrogen-bond acceptors (Lipinski definition) is 5. The fourth-order valence-corrected chi connectivity index (χ4v) is 2.84. The number of hydrogen-bond donors (Lipinski definition) is 1. The predicted octanol–water partition coefficient (Wildman–Crippen LogP) is 4.58. The van der Waals surface area contributed by atoms with Crippen LogP contribution >= 0.6 is 0 Å².